The minimum atomic E-state index is -0.651. The Morgan fingerprint density at radius 1 is 1.55 bits per heavy atom. The lowest BCUT2D eigenvalue weighted by molar-refractivity contribution is 0.474. The molecule has 0 amide bonds. The van der Waals surface area contributed by atoms with E-state index in [2.05, 4.69) is 0 Å². The van der Waals surface area contributed by atoms with Gasteiger partial charge < -0.3 is 10.8 Å². The van der Waals surface area contributed by atoms with E-state index in [0.717, 1.165) is 0 Å². The highest BCUT2D eigenvalue weighted by Gasteiger charge is 2.02. The fourth-order valence-electron chi connectivity index (χ4n) is 0.793. The van der Waals surface area contributed by atoms with Crippen LogP contribution in [0.2, 0.25) is 0 Å². The van der Waals surface area contributed by atoms with Gasteiger partial charge in [0.25, 0.3) is 0 Å². The molecule has 1 atom stereocenters. The van der Waals surface area contributed by atoms with Gasteiger partial charge in [-0.1, -0.05) is 12.1 Å². The van der Waals surface area contributed by atoms with Crippen molar-refractivity contribution < 1.29 is 5.11 Å². The van der Waals surface area contributed by atoms with Crippen molar-refractivity contribution in [3.63, 3.8) is 0 Å². The zero-order valence-electron chi connectivity index (χ0n) is 5.86. The summed E-state index contributed by atoms with van der Waals surface area (Å²) in [5.41, 5.74) is 6.02. The van der Waals surface area contributed by atoms with E-state index in [1.54, 1.807) is 12.1 Å². The first-order valence-electron chi connectivity index (χ1n) is 3.18. The van der Waals surface area contributed by atoms with Gasteiger partial charge in [-0.05, 0) is 17.7 Å². The molecule has 0 heterocycles. The second kappa shape index (κ2) is 3.04. The maximum atomic E-state index is 8.99. The number of aromatic hydroxyl groups is 1. The van der Waals surface area contributed by atoms with E-state index in [1.165, 1.54) is 12.1 Å². The highest BCUT2D eigenvalue weighted by molar-refractivity contribution is 5.31. The summed E-state index contributed by atoms with van der Waals surface area (Å²) >= 11 is 0. The summed E-state index contributed by atoms with van der Waals surface area (Å²) < 4.78 is 0. The van der Waals surface area contributed by atoms with Crippen LogP contribution in [0.4, 0.5) is 0 Å². The Hall–Kier alpha value is -1.53. The highest BCUT2D eigenvalue weighted by atomic mass is 16.3. The Bertz CT molecular complexity index is 290. The predicted octanol–water partition coefficient (Wildman–Crippen LogP) is 0.916. The van der Waals surface area contributed by atoms with E-state index >= 15 is 0 Å². The Kier molecular flexibility index (Phi) is 2.09. The third kappa shape index (κ3) is 1.69. The van der Waals surface area contributed by atoms with Gasteiger partial charge in [0.2, 0.25) is 0 Å². The minimum absolute atomic E-state index is 0.133. The molecular weight excluding hydrogens is 140 g/mol. The van der Waals surface area contributed by atoms with Crippen molar-refractivity contribution in [3.8, 4) is 11.8 Å². The smallest absolute Gasteiger partial charge is 0.119 e. The molecule has 0 spiro atoms. The number of rotatable bonds is 1. The van der Waals surface area contributed by atoms with Gasteiger partial charge in [0.15, 0.2) is 0 Å². The van der Waals surface area contributed by atoms with Crippen LogP contribution in [-0.2, 0) is 0 Å². The molecular formula is C8H8N2O. The summed E-state index contributed by atoms with van der Waals surface area (Å²) in [4.78, 5) is 0. The Labute approximate surface area is 64.7 Å². The molecule has 0 saturated carbocycles. The maximum absolute atomic E-state index is 8.99. The average Bonchev–Trinajstić information content (AvgIpc) is 2.03. The second-order valence-corrected chi connectivity index (χ2v) is 2.20. The van der Waals surface area contributed by atoms with Crippen LogP contribution in [0.3, 0.4) is 0 Å². The Morgan fingerprint density at radius 3 is 2.82 bits per heavy atom. The molecule has 0 bridgehead atoms. The number of nitrogens with zero attached hydrogens (tertiary/aromatic N) is 1. The molecule has 0 radical (unpaired) electrons. The van der Waals surface area contributed by atoms with Crippen LogP contribution in [0.5, 0.6) is 5.75 Å². The quantitative estimate of drug-likeness (QED) is 0.622. The summed E-state index contributed by atoms with van der Waals surface area (Å²) in [6, 6.07) is 7.60. The van der Waals surface area contributed by atoms with Crippen LogP contribution in [0.25, 0.3) is 0 Å². The fraction of sp³-hybridized carbons (Fsp3) is 0.125. The molecule has 3 N–H and O–H groups in total. The Morgan fingerprint density at radius 2 is 2.27 bits per heavy atom. The summed E-state index contributed by atoms with van der Waals surface area (Å²) in [6.07, 6.45) is 0. The highest BCUT2D eigenvalue weighted by Crippen LogP contribution is 2.15. The van der Waals surface area contributed by atoms with Gasteiger partial charge in [-0.2, -0.15) is 5.26 Å². The number of phenolic OH excluding ortho intramolecular Hbond substituents is 1. The molecule has 1 aromatic rings. The first kappa shape index (κ1) is 7.58. The molecule has 0 aliphatic rings. The monoisotopic (exact) mass is 148 g/mol. The predicted molar refractivity (Wildman–Crippen MR) is 40.6 cm³/mol. The summed E-state index contributed by atoms with van der Waals surface area (Å²) in [5.74, 6) is 0.133. The van der Waals surface area contributed by atoms with Gasteiger partial charge >= 0.3 is 0 Å². The minimum Gasteiger partial charge on any atom is -0.508 e. The van der Waals surface area contributed by atoms with Crippen LogP contribution in [0.1, 0.15) is 11.6 Å². The molecule has 0 unspecified atom stereocenters. The normalized spacial score (nSPS) is 12.0. The summed E-state index contributed by atoms with van der Waals surface area (Å²) in [6.45, 7) is 0. The van der Waals surface area contributed by atoms with Crippen molar-refractivity contribution in [1.82, 2.24) is 0 Å². The maximum Gasteiger partial charge on any atom is 0.119 e. The number of nitriles is 1. The number of hydrogen-bond acceptors (Lipinski definition) is 3. The van der Waals surface area contributed by atoms with Crippen molar-refractivity contribution in [1.29, 1.82) is 5.26 Å². The van der Waals surface area contributed by atoms with Crippen molar-refractivity contribution in [2.45, 2.75) is 6.04 Å². The van der Waals surface area contributed by atoms with Gasteiger partial charge in [0, 0.05) is 0 Å². The zero-order chi connectivity index (χ0) is 8.27. The van der Waals surface area contributed by atoms with E-state index in [-0.39, 0.29) is 5.75 Å². The van der Waals surface area contributed by atoms with Crippen molar-refractivity contribution >= 4 is 0 Å². The third-order valence-corrected chi connectivity index (χ3v) is 1.37. The lowest BCUT2D eigenvalue weighted by Gasteiger charge is -2.01. The molecule has 0 saturated heterocycles. The zero-order valence-corrected chi connectivity index (χ0v) is 5.86. The number of nitrogens with two attached hydrogens (primary N) is 1. The van der Waals surface area contributed by atoms with E-state index in [1.807, 2.05) is 6.07 Å². The van der Waals surface area contributed by atoms with Crippen molar-refractivity contribution in [3.05, 3.63) is 29.8 Å². The summed E-state index contributed by atoms with van der Waals surface area (Å²) in [7, 11) is 0. The molecule has 3 nitrogen and oxygen atoms in total. The molecule has 56 valence electrons. The first-order valence-corrected chi connectivity index (χ1v) is 3.18. The lowest BCUT2D eigenvalue weighted by Crippen LogP contribution is -2.06. The van der Waals surface area contributed by atoms with Gasteiger partial charge in [-0.15, -0.1) is 0 Å². The van der Waals surface area contributed by atoms with E-state index in [9.17, 15) is 0 Å². The number of benzene rings is 1. The average molecular weight is 148 g/mol. The van der Waals surface area contributed by atoms with E-state index in [0.29, 0.717) is 5.56 Å². The SMILES string of the molecule is N#C[C@@H](N)c1cccc(O)c1. The number of hydrogen-bond donors (Lipinski definition) is 2. The largest absolute Gasteiger partial charge is 0.508 e. The molecule has 1 aromatic carbocycles. The lowest BCUT2D eigenvalue weighted by atomic mass is 10.1. The van der Waals surface area contributed by atoms with E-state index < -0.39 is 6.04 Å². The topological polar surface area (TPSA) is 70.0 Å². The van der Waals surface area contributed by atoms with Crippen LogP contribution in [0, 0.1) is 11.3 Å². The third-order valence-electron chi connectivity index (χ3n) is 1.37. The van der Waals surface area contributed by atoms with Crippen LogP contribution in [-0.4, -0.2) is 5.11 Å². The second-order valence-electron chi connectivity index (χ2n) is 2.20. The van der Waals surface area contributed by atoms with Crippen LogP contribution in [0.15, 0.2) is 24.3 Å². The first-order chi connectivity index (χ1) is 5.24. The van der Waals surface area contributed by atoms with Crippen LogP contribution < -0.4 is 5.73 Å². The molecule has 0 aliphatic heterocycles. The molecule has 11 heavy (non-hydrogen) atoms. The molecule has 1 rings (SSSR count). The van der Waals surface area contributed by atoms with Gasteiger partial charge in [-0.25, -0.2) is 0 Å². The fourth-order valence-corrected chi connectivity index (χ4v) is 0.793. The molecule has 0 aliphatic carbocycles. The van der Waals surface area contributed by atoms with Gasteiger partial charge in [0.05, 0.1) is 6.07 Å². The summed E-state index contributed by atoms with van der Waals surface area (Å²) in [5, 5.41) is 17.4. The van der Waals surface area contributed by atoms with Crippen LogP contribution >= 0.6 is 0 Å². The van der Waals surface area contributed by atoms with E-state index in [4.69, 9.17) is 16.1 Å². The molecule has 0 fully saturated rings. The number of phenols is 1. The van der Waals surface area contributed by atoms with Crippen molar-refractivity contribution in [2.24, 2.45) is 5.73 Å². The molecule has 0 aromatic heterocycles. The Balaban J connectivity index is 2.98. The standard InChI is InChI=1S/C8H8N2O/c9-5-8(10)6-2-1-3-7(11)4-6/h1-4,8,11H,10H2/t8-/m1/s1. The van der Waals surface area contributed by atoms with Crippen molar-refractivity contribution in [2.75, 3.05) is 0 Å². The van der Waals surface area contributed by atoms with Gasteiger partial charge in [0.1, 0.15) is 11.8 Å². The molecule has 3 heteroatoms. The van der Waals surface area contributed by atoms with Gasteiger partial charge in [-0.3, -0.25) is 0 Å².